The number of nitrogens with one attached hydrogen (secondary N) is 1. The number of hydrogen-bond donors (Lipinski definition) is 1. The minimum Gasteiger partial charge on any atom is -0.351 e. The van der Waals surface area contributed by atoms with Crippen molar-refractivity contribution >= 4 is 40.2 Å². The molecule has 4 rings (SSSR count). The van der Waals surface area contributed by atoms with Crippen molar-refractivity contribution in [2.24, 2.45) is 0 Å². The zero-order valence-electron chi connectivity index (χ0n) is 17.0. The quantitative estimate of drug-likeness (QED) is 0.530. The highest BCUT2D eigenvalue weighted by molar-refractivity contribution is 7.10. The van der Waals surface area contributed by atoms with Crippen LogP contribution in [0.1, 0.15) is 47.0 Å². The lowest BCUT2D eigenvalue weighted by Crippen LogP contribution is -2.46. The number of nitrogens with zero attached hydrogens (tertiary/aromatic N) is 1. The Morgan fingerprint density at radius 1 is 1.03 bits per heavy atom. The van der Waals surface area contributed by atoms with E-state index in [1.165, 1.54) is 11.3 Å². The number of carbonyl (C=O) groups is 2. The maximum atomic E-state index is 13.6. The molecule has 0 spiro atoms. The van der Waals surface area contributed by atoms with Crippen LogP contribution >= 0.6 is 22.7 Å². The van der Waals surface area contributed by atoms with Gasteiger partial charge in [0.25, 0.3) is 0 Å². The summed E-state index contributed by atoms with van der Waals surface area (Å²) in [4.78, 5) is 30.7. The van der Waals surface area contributed by atoms with Gasteiger partial charge in [-0.3, -0.25) is 14.5 Å². The lowest BCUT2D eigenvalue weighted by Gasteiger charge is -2.32. The fourth-order valence-electron chi connectivity index (χ4n) is 4.07. The van der Waals surface area contributed by atoms with E-state index in [4.69, 9.17) is 0 Å². The Balaban J connectivity index is 1.73. The largest absolute Gasteiger partial charge is 0.351 e. The molecule has 1 aliphatic rings. The summed E-state index contributed by atoms with van der Waals surface area (Å²) in [5.41, 5.74) is 1.77. The molecular formula is C24H26N2O2S2. The highest BCUT2D eigenvalue weighted by atomic mass is 32.1. The second-order valence-electron chi connectivity index (χ2n) is 7.71. The highest BCUT2D eigenvalue weighted by Crippen LogP contribution is 2.34. The van der Waals surface area contributed by atoms with Crippen LogP contribution < -0.4 is 10.2 Å². The molecule has 2 aromatic heterocycles. The van der Waals surface area contributed by atoms with Gasteiger partial charge in [-0.15, -0.1) is 22.7 Å². The normalized spacial score (nSPS) is 15.1. The molecule has 0 bridgehead atoms. The predicted molar refractivity (Wildman–Crippen MR) is 124 cm³/mol. The monoisotopic (exact) mass is 438 g/mol. The molecule has 2 amide bonds. The Hall–Kier alpha value is -2.44. The van der Waals surface area contributed by atoms with E-state index in [-0.39, 0.29) is 24.3 Å². The van der Waals surface area contributed by atoms with Gasteiger partial charge in [0, 0.05) is 21.5 Å². The summed E-state index contributed by atoms with van der Waals surface area (Å²) in [7, 11) is 0. The summed E-state index contributed by atoms with van der Waals surface area (Å²) in [6, 6.07) is 15.2. The van der Waals surface area contributed by atoms with Crippen LogP contribution in [0.25, 0.3) is 0 Å². The number of rotatable bonds is 7. The number of amides is 2. The molecule has 1 saturated carbocycles. The SMILES string of the molecule is Cc1ccccc1N(C(=O)Cc1cccs1)[C@@H](C(=O)NC1CCCC1)c1cccs1. The van der Waals surface area contributed by atoms with Crippen molar-refractivity contribution in [1.29, 1.82) is 0 Å². The number of anilines is 1. The van der Waals surface area contributed by atoms with Gasteiger partial charge in [0.2, 0.25) is 11.8 Å². The van der Waals surface area contributed by atoms with Crippen molar-refractivity contribution in [3.63, 3.8) is 0 Å². The number of benzene rings is 1. The van der Waals surface area contributed by atoms with Crippen molar-refractivity contribution in [2.45, 2.75) is 51.1 Å². The Labute approximate surface area is 185 Å². The molecule has 3 aromatic rings. The van der Waals surface area contributed by atoms with Crippen LogP contribution in [0.15, 0.2) is 59.3 Å². The summed E-state index contributed by atoms with van der Waals surface area (Å²) < 4.78 is 0. The fourth-order valence-corrected chi connectivity index (χ4v) is 5.58. The molecule has 0 saturated heterocycles. The zero-order chi connectivity index (χ0) is 20.9. The first-order valence-electron chi connectivity index (χ1n) is 10.4. The van der Waals surface area contributed by atoms with Crippen molar-refractivity contribution < 1.29 is 9.59 Å². The third kappa shape index (κ3) is 4.65. The first-order chi connectivity index (χ1) is 14.6. The summed E-state index contributed by atoms with van der Waals surface area (Å²) in [5.74, 6) is -0.154. The summed E-state index contributed by atoms with van der Waals surface area (Å²) >= 11 is 3.09. The lowest BCUT2D eigenvalue weighted by atomic mass is 10.1. The van der Waals surface area contributed by atoms with E-state index in [0.717, 1.165) is 46.7 Å². The first kappa shape index (κ1) is 20.8. The van der Waals surface area contributed by atoms with Crippen molar-refractivity contribution in [3.8, 4) is 0 Å². The Morgan fingerprint density at radius 3 is 2.43 bits per heavy atom. The van der Waals surface area contributed by atoms with Crippen molar-refractivity contribution in [3.05, 3.63) is 74.6 Å². The Kier molecular flexibility index (Phi) is 6.65. The molecule has 4 nitrogen and oxygen atoms in total. The second-order valence-corrected chi connectivity index (χ2v) is 9.73. The molecule has 156 valence electrons. The van der Waals surface area contributed by atoms with Gasteiger partial charge in [0.05, 0.1) is 6.42 Å². The topological polar surface area (TPSA) is 49.4 Å². The van der Waals surface area contributed by atoms with Gasteiger partial charge in [0.15, 0.2) is 0 Å². The second kappa shape index (κ2) is 9.58. The van der Waals surface area contributed by atoms with E-state index in [0.29, 0.717) is 0 Å². The number of thiophene rings is 2. The van der Waals surface area contributed by atoms with Crippen LogP contribution in [0.2, 0.25) is 0 Å². The molecule has 1 N–H and O–H groups in total. The van der Waals surface area contributed by atoms with Gasteiger partial charge in [0.1, 0.15) is 6.04 Å². The molecular weight excluding hydrogens is 412 g/mol. The number of para-hydroxylation sites is 1. The van der Waals surface area contributed by atoms with E-state index in [1.807, 2.05) is 66.2 Å². The highest BCUT2D eigenvalue weighted by Gasteiger charge is 2.35. The minimum absolute atomic E-state index is 0.0632. The summed E-state index contributed by atoms with van der Waals surface area (Å²) in [6.07, 6.45) is 4.60. The Morgan fingerprint density at radius 2 is 1.77 bits per heavy atom. The van der Waals surface area contributed by atoms with E-state index in [2.05, 4.69) is 5.32 Å². The molecule has 1 atom stereocenters. The number of carbonyl (C=O) groups excluding carboxylic acids is 2. The van der Waals surface area contributed by atoms with Gasteiger partial charge in [-0.1, -0.05) is 43.2 Å². The van der Waals surface area contributed by atoms with Crippen molar-refractivity contribution in [1.82, 2.24) is 5.32 Å². The van der Waals surface area contributed by atoms with Gasteiger partial charge in [-0.25, -0.2) is 0 Å². The summed E-state index contributed by atoms with van der Waals surface area (Å²) in [5, 5.41) is 7.17. The zero-order valence-corrected chi connectivity index (χ0v) is 18.7. The molecule has 1 fully saturated rings. The maximum absolute atomic E-state index is 13.6. The van der Waals surface area contributed by atoms with E-state index < -0.39 is 6.04 Å². The van der Waals surface area contributed by atoms with Crippen LogP contribution in [0.4, 0.5) is 5.69 Å². The van der Waals surface area contributed by atoms with Crippen LogP contribution in [0.3, 0.4) is 0 Å². The fraction of sp³-hybridized carbons (Fsp3) is 0.333. The van der Waals surface area contributed by atoms with Crippen molar-refractivity contribution in [2.75, 3.05) is 4.90 Å². The third-order valence-electron chi connectivity index (χ3n) is 5.57. The van der Waals surface area contributed by atoms with E-state index >= 15 is 0 Å². The average molecular weight is 439 g/mol. The van der Waals surface area contributed by atoms with Crippen LogP contribution in [0, 0.1) is 6.92 Å². The van der Waals surface area contributed by atoms with Gasteiger partial charge in [-0.2, -0.15) is 0 Å². The molecule has 1 aromatic carbocycles. The number of hydrogen-bond acceptors (Lipinski definition) is 4. The van der Waals surface area contributed by atoms with Gasteiger partial charge < -0.3 is 5.32 Å². The molecule has 0 aliphatic heterocycles. The van der Waals surface area contributed by atoms with Crippen LogP contribution in [-0.2, 0) is 16.0 Å². The predicted octanol–water partition coefficient (Wildman–Crippen LogP) is 5.49. The minimum atomic E-state index is -0.667. The smallest absolute Gasteiger partial charge is 0.248 e. The van der Waals surface area contributed by atoms with Gasteiger partial charge in [-0.05, 0) is 54.3 Å². The molecule has 0 radical (unpaired) electrons. The molecule has 2 heterocycles. The summed E-state index contributed by atoms with van der Waals surface area (Å²) in [6.45, 7) is 1.99. The first-order valence-corrected chi connectivity index (χ1v) is 12.1. The van der Waals surface area contributed by atoms with E-state index in [1.54, 1.807) is 16.2 Å². The maximum Gasteiger partial charge on any atom is 0.248 e. The van der Waals surface area contributed by atoms with Crippen LogP contribution in [-0.4, -0.2) is 17.9 Å². The standard InChI is InChI=1S/C24H26N2O2S2/c1-17-8-2-5-12-20(17)26(22(27)16-19-11-6-14-29-19)23(21-13-7-15-30-21)24(28)25-18-9-3-4-10-18/h2,5-8,11-15,18,23H,3-4,9-10,16H2,1H3,(H,25,28)/t23-/m1/s1. The van der Waals surface area contributed by atoms with E-state index in [9.17, 15) is 9.59 Å². The third-order valence-corrected chi connectivity index (χ3v) is 7.37. The molecule has 6 heteroatoms. The number of aryl methyl sites for hydroxylation is 1. The Bertz CT molecular complexity index is 977. The molecule has 1 aliphatic carbocycles. The van der Waals surface area contributed by atoms with Crippen LogP contribution in [0.5, 0.6) is 0 Å². The average Bonchev–Trinajstić information content (AvgIpc) is 3.50. The molecule has 30 heavy (non-hydrogen) atoms. The molecule has 0 unspecified atom stereocenters. The van der Waals surface area contributed by atoms with Gasteiger partial charge >= 0.3 is 0 Å². The lowest BCUT2D eigenvalue weighted by molar-refractivity contribution is -0.126.